The van der Waals surface area contributed by atoms with E-state index in [-0.39, 0.29) is 17.3 Å². The van der Waals surface area contributed by atoms with E-state index in [9.17, 15) is 14.4 Å². The molecule has 1 aliphatic rings. The van der Waals surface area contributed by atoms with Crippen molar-refractivity contribution in [3.63, 3.8) is 0 Å². The third-order valence-corrected chi connectivity index (χ3v) is 6.80. The molecular formula is C17H12O3Se. The van der Waals surface area contributed by atoms with Gasteiger partial charge in [0.1, 0.15) is 0 Å². The molecule has 1 heterocycles. The van der Waals surface area contributed by atoms with E-state index in [1.807, 2.05) is 12.1 Å². The first-order valence-corrected chi connectivity index (χ1v) is 8.22. The zero-order valence-corrected chi connectivity index (χ0v) is 13.0. The second-order valence-electron chi connectivity index (χ2n) is 4.86. The topological polar surface area (TPSA) is 51.2 Å². The van der Waals surface area contributed by atoms with Crippen LogP contribution in [0.1, 0.15) is 27.6 Å². The average molecular weight is 343 g/mol. The van der Waals surface area contributed by atoms with Gasteiger partial charge in [0, 0.05) is 0 Å². The fraction of sp³-hybridized carbons (Fsp3) is 0.118. The van der Waals surface area contributed by atoms with Crippen LogP contribution in [0.25, 0.3) is 0 Å². The van der Waals surface area contributed by atoms with Gasteiger partial charge in [-0.3, -0.25) is 0 Å². The van der Waals surface area contributed by atoms with Gasteiger partial charge in [-0.25, -0.2) is 0 Å². The van der Waals surface area contributed by atoms with Crippen molar-refractivity contribution in [1.82, 2.24) is 0 Å². The molecule has 3 rings (SSSR count). The van der Waals surface area contributed by atoms with E-state index >= 15 is 0 Å². The summed E-state index contributed by atoms with van der Waals surface area (Å²) in [5.74, 6) is -1.09. The van der Waals surface area contributed by atoms with Gasteiger partial charge in [0.2, 0.25) is 0 Å². The molecule has 1 unspecified atom stereocenters. The molecule has 0 N–H and O–H groups in total. The van der Waals surface area contributed by atoms with E-state index in [0.717, 1.165) is 4.46 Å². The average Bonchev–Trinajstić information content (AvgIpc) is 2.82. The summed E-state index contributed by atoms with van der Waals surface area (Å²) in [6.45, 7) is 1.34. The van der Waals surface area contributed by atoms with Gasteiger partial charge in [-0.2, -0.15) is 0 Å². The summed E-state index contributed by atoms with van der Waals surface area (Å²) in [7, 11) is 0. The molecule has 4 heteroatoms. The Kier molecular flexibility index (Phi) is 3.36. The Morgan fingerprint density at radius 3 is 2.19 bits per heavy atom. The summed E-state index contributed by atoms with van der Waals surface area (Å²) in [6.07, 6.45) is 0. The first-order chi connectivity index (χ1) is 10.1. The van der Waals surface area contributed by atoms with Gasteiger partial charge in [-0.05, 0) is 0 Å². The van der Waals surface area contributed by atoms with E-state index in [2.05, 4.69) is 0 Å². The van der Waals surface area contributed by atoms with E-state index in [0.29, 0.717) is 11.1 Å². The molecule has 0 spiro atoms. The minimum atomic E-state index is -1.53. The van der Waals surface area contributed by atoms with E-state index in [4.69, 9.17) is 0 Å². The molecular weight excluding hydrogens is 331 g/mol. The molecule has 0 bridgehead atoms. The van der Waals surface area contributed by atoms with E-state index in [1.165, 1.54) is 6.92 Å². The molecule has 2 aromatic rings. The number of Topliss-reactive ketones (excluding diaryl/α,β-unsaturated/α-hetero) is 3. The number of carbonyl (C=O) groups excluding carboxylic acids is 3. The van der Waals surface area contributed by atoms with Crippen LogP contribution in [0, 0.1) is 0 Å². The minimum absolute atomic E-state index is 0.348. The Labute approximate surface area is 128 Å². The maximum absolute atomic E-state index is 12.9. The van der Waals surface area contributed by atoms with Crippen LogP contribution in [0.3, 0.4) is 0 Å². The van der Waals surface area contributed by atoms with Crippen LogP contribution in [-0.2, 0) is 4.79 Å². The van der Waals surface area contributed by atoms with Crippen molar-refractivity contribution < 1.29 is 14.4 Å². The molecule has 104 valence electrons. The number of carbonyl (C=O) groups is 3. The molecule has 1 aliphatic heterocycles. The summed E-state index contributed by atoms with van der Waals surface area (Å²) in [5.41, 5.74) is 0.924. The van der Waals surface area contributed by atoms with Crippen molar-refractivity contribution in [2.75, 3.05) is 0 Å². The van der Waals surface area contributed by atoms with Crippen LogP contribution in [0.2, 0.25) is 4.31 Å². The predicted molar refractivity (Wildman–Crippen MR) is 80.3 cm³/mol. The van der Waals surface area contributed by atoms with Crippen molar-refractivity contribution in [2.24, 2.45) is 0 Å². The third-order valence-electron chi connectivity index (χ3n) is 3.57. The zero-order chi connectivity index (χ0) is 15.0. The van der Waals surface area contributed by atoms with Crippen molar-refractivity contribution in [1.29, 1.82) is 0 Å². The molecule has 3 nitrogen and oxygen atoms in total. The van der Waals surface area contributed by atoms with Crippen molar-refractivity contribution >= 4 is 36.8 Å². The van der Waals surface area contributed by atoms with Crippen molar-refractivity contribution in [3.05, 3.63) is 65.7 Å². The van der Waals surface area contributed by atoms with E-state index < -0.39 is 19.3 Å². The van der Waals surface area contributed by atoms with Crippen LogP contribution >= 0.6 is 0 Å². The Bertz CT molecular complexity index is 752. The standard InChI is InChI=1S/C17H12O3Se/c1-11(18)17(15(19)12-7-3-2-4-8-12)16(20)13-9-5-6-10-14(13)21-17/h2-10H,1H3. The van der Waals surface area contributed by atoms with Gasteiger partial charge < -0.3 is 0 Å². The summed E-state index contributed by atoms with van der Waals surface area (Å²) in [4.78, 5) is 37.8. The van der Waals surface area contributed by atoms with Crippen LogP contribution in [-0.4, -0.2) is 32.3 Å². The maximum atomic E-state index is 12.9. The SMILES string of the molecule is CC(=O)C1(C(=O)c2ccccc2)[Se]c2ccccc2C1=O. The van der Waals surface area contributed by atoms with Gasteiger partial charge >= 0.3 is 128 Å². The Morgan fingerprint density at radius 1 is 0.952 bits per heavy atom. The number of ketones is 3. The molecule has 0 saturated carbocycles. The van der Waals surface area contributed by atoms with Crippen molar-refractivity contribution in [3.8, 4) is 0 Å². The quantitative estimate of drug-likeness (QED) is 0.486. The molecule has 0 aromatic heterocycles. The molecule has 0 fully saturated rings. The second kappa shape index (κ2) is 5.06. The Balaban J connectivity index is 2.15. The number of benzene rings is 2. The molecule has 21 heavy (non-hydrogen) atoms. The zero-order valence-electron chi connectivity index (χ0n) is 11.3. The van der Waals surface area contributed by atoms with Gasteiger partial charge in [0.25, 0.3) is 0 Å². The number of hydrogen-bond acceptors (Lipinski definition) is 3. The van der Waals surface area contributed by atoms with Crippen molar-refractivity contribution in [2.45, 2.75) is 11.2 Å². The molecule has 0 radical (unpaired) electrons. The molecule has 0 saturated heterocycles. The first kappa shape index (κ1) is 13.9. The molecule has 0 aliphatic carbocycles. The second-order valence-corrected chi connectivity index (χ2v) is 7.50. The number of rotatable bonds is 3. The predicted octanol–water partition coefficient (Wildman–Crippen LogP) is 1.84. The Hall–Kier alpha value is -2.03. The molecule has 2 aromatic carbocycles. The summed E-state index contributed by atoms with van der Waals surface area (Å²) in [5, 5.41) is 0. The van der Waals surface area contributed by atoms with Gasteiger partial charge in [-0.1, -0.05) is 0 Å². The van der Waals surface area contributed by atoms with E-state index in [1.54, 1.807) is 42.5 Å². The first-order valence-electron chi connectivity index (χ1n) is 6.51. The van der Waals surface area contributed by atoms with Gasteiger partial charge in [0.05, 0.1) is 0 Å². The van der Waals surface area contributed by atoms with Crippen LogP contribution in [0.5, 0.6) is 0 Å². The van der Waals surface area contributed by atoms with Crippen LogP contribution < -0.4 is 4.46 Å². The number of fused-ring (bicyclic) bond motifs is 1. The van der Waals surface area contributed by atoms with Crippen LogP contribution in [0.4, 0.5) is 0 Å². The summed E-state index contributed by atoms with van der Waals surface area (Å²) < 4.78 is -0.701. The normalized spacial score (nSPS) is 20.1. The van der Waals surface area contributed by atoms with Crippen LogP contribution in [0.15, 0.2) is 54.6 Å². The van der Waals surface area contributed by atoms with Gasteiger partial charge in [-0.15, -0.1) is 0 Å². The monoisotopic (exact) mass is 344 g/mol. The summed E-state index contributed by atoms with van der Waals surface area (Å²) in [6, 6.07) is 15.7. The Morgan fingerprint density at radius 2 is 1.57 bits per heavy atom. The fourth-order valence-electron chi connectivity index (χ4n) is 2.48. The molecule has 0 amide bonds. The summed E-state index contributed by atoms with van der Waals surface area (Å²) >= 11 is -0.514. The van der Waals surface area contributed by atoms with Gasteiger partial charge in [0.15, 0.2) is 0 Å². The fourth-order valence-corrected chi connectivity index (χ4v) is 5.21. The molecule has 1 atom stereocenters. The third kappa shape index (κ3) is 1.99. The number of hydrogen-bond donors (Lipinski definition) is 0.